The number of hydrazine groups is 1. The molecule has 0 saturated carbocycles. The number of nitrogen functional groups attached to an aromatic ring is 1. The topological polar surface area (TPSA) is 68.0 Å². The van der Waals surface area contributed by atoms with Crippen LogP contribution >= 0.6 is 34.7 Å². The van der Waals surface area contributed by atoms with Gasteiger partial charge in [0.2, 0.25) is 0 Å². The van der Waals surface area contributed by atoms with Gasteiger partial charge in [-0.3, -0.25) is 10.2 Å². The molecule has 7 heteroatoms. The van der Waals surface area contributed by atoms with Crippen LogP contribution in [0, 0.1) is 0 Å². The van der Waals surface area contributed by atoms with E-state index in [1.807, 2.05) is 29.6 Å². The number of rotatable bonds is 5. The molecule has 0 spiro atoms. The van der Waals surface area contributed by atoms with E-state index in [1.165, 1.54) is 16.9 Å². The van der Waals surface area contributed by atoms with Crippen LogP contribution in [0.15, 0.2) is 29.6 Å². The van der Waals surface area contributed by atoms with Crippen molar-refractivity contribution in [2.75, 3.05) is 0 Å². The SMILES string of the molecule is NNC(=O)c1nc(CSCc2ccc(Cl)cc2)cs1. The van der Waals surface area contributed by atoms with Gasteiger partial charge >= 0.3 is 0 Å². The predicted octanol–water partition coefficient (Wildman–Crippen LogP) is 2.83. The number of carbonyl (C=O) groups excluding carboxylic acids is 1. The summed E-state index contributed by atoms with van der Waals surface area (Å²) in [4.78, 5) is 15.5. The van der Waals surface area contributed by atoms with Crippen LogP contribution in [0.4, 0.5) is 0 Å². The lowest BCUT2D eigenvalue weighted by atomic mass is 10.2. The van der Waals surface area contributed by atoms with Crippen LogP contribution < -0.4 is 11.3 Å². The minimum Gasteiger partial charge on any atom is -0.288 e. The third-order valence-electron chi connectivity index (χ3n) is 2.31. The lowest BCUT2D eigenvalue weighted by molar-refractivity contribution is 0.0953. The number of thioether (sulfide) groups is 1. The maximum Gasteiger partial charge on any atom is 0.294 e. The quantitative estimate of drug-likeness (QED) is 0.506. The lowest BCUT2D eigenvalue weighted by Crippen LogP contribution is -2.29. The zero-order chi connectivity index (χ0) is 13.7. The third-order valence-corrected chi connectivity index (χ3v) is 4.49. The zero-order valence-corrected chi connectivity index (χ0v) is 12.3. The molecule has 0 aliphatic carbocycles. The van der Waals surface area contributed by atoms with Crippen molar-refractivity contribution in [2.24, 2.45) is 5.84 Å². The maximum atomic E-state index is 11.2. The molecule has 1 aromatic heterocycles. The second-order valence-electron chi connectivity index (χ2n) is 3.74. The van der Waals surface area contributed by atoms with Gasteiger partial charge in [0.15, 0.2) is 5.01 Å². The molecule has 0 atom stereocenters. The number of amides is 1. The normalized spacial score (nSPS) is 10.4. The number of carbonyl (C=O) groups is 1. The van der Waals surface area contributed by atoms with E-state index < -0.39 is 0 Å². The van der Waals surface area contributed by atoms with Crippen molar-refractivity contribution < 1.29 is 4.79 Å². The van der Waals surface area contributed by atoms with Gasteiger partial charge in [-0.1, -0.05) is 23.7 Å². The molecule has 0 radical (unpaired) electrons. The van der Waals surface area contributed by atoms with Crippen LogP contribution in [-0.4, -0.2) is 10.9 Å². The Morgan fingerprint density at radius 3 is 2.79 bits per heavy atom. The Labute approximate surface area is 124 Å². The number of hydrogen-bond acceptors (Lipinski definition) is 5. The van der Waals surface area contributed by atoms with E-state index in [4.69, 9.17) is 17.4 Å². The maximum absolute atomic E-state index is 11.2. The van der Waals surface area contributed by atoms with E-state index in [9.17, 15) is 4.79 Å². The molecule has 1 aromatic carbocycles. The predicted molar refractivity (Wildman–Crippen MR) is 80.2 cm³/mol. The molecular formula is C12H12ClN3OS2. The Balaban J connectivity index is 1.84. The molecule has 0 unspecified atom stereocenters. The summed E-state index contributed by atoms with van der Waals surface area (Å²) in [5.74, 6) is 6.35. The molecule has 2 rings (SSSR count). The average Bonchev–Trinajstić information content (AvgIpc) is 2.89. The molecule has 3 N–H and O–H groups in total. The Kier molecular flexibility index (Phi) is 5.21. The van der Waals surface area contributed by atoms with Crippen LogP contribution in [0.3, 0.4) is 0 Å². The fourth-order valence-electron chi connectivity index (χ4n) is 1.39. The van der Waals surface area contributed by atoms with Gasteiger partial charge in [0, 0.05) is 21.9 Å². The number of halogens is 1. The molecule has 0 saturated heterocycles. The minimum atomic E-state index is -0.348. The Morgan fingerprint density at radius 2 is 2.11 bits per heavy atom. The van der Waals surface area contributed by atoms with Crippen molar-refractivity contribution in [1.29, 1.82) is 0 Å². The number of thiazole rings is 1. The fraction of sp³-hybridized carbons (Fsp3) is 0.167. The summed E-state index contributed by atoms with van der Waals surface area (Å²) in [5.41, 5.74) is 4.18. The van der Waals surface area contributed by atoms with Crippen LogP contribution in [0.2, 0.25) is 5.02 Å². The Hall–Kier alpha value is -1.08. The van der Waals surface area contributed by atoms with Crippen LogP contribution in [-0.2, 0) is 11.5 Å². The highest BCUT2D eigenvalue weighted by Crippen LogP contribution is 2.20. The van der Waals surface area contributed by atoms with Gasteiger partial charge < -0.3 is 0 Å². The summed E-state index contributed by atoms with van der Waals surface area (Å²) < 4.78 is 0. The van der Waals surface area contributed by atoms with Gasteiger partial charge in [-0.2, -0.15) is 11.8 Å². The number of aromatic nitrogens is 1. The molecule has 0 bridgehead atoms. The first-order chi connectivity index (χ1) is 9.19. The van der Waals surface area contributed by atoms with Crippen molar-refractivity contribution in [3.05, 3.63) is 50.9 Å². The lowest BCUT2D eigenvalue weighted by Gasteiger charge is -2.00. The molecular weight excluding hydrogens is 302 g/mol. The molecule has 0 aliphatic rings. The van der Waals surface area contributed by atoms with E-state index in [2.05, 4.69) is 10.4 Å². The molecule has 1 amide bonds. The average molecular weight is 314 g/mol. The van der Waals surface area contributed by atoms with Gasteiger partial charge in [-0.05, 0) is 17.7 Å². The van der Waals surface area contributed by atoms with Gasteiger partial charge in [-0.25, -0.2) is 10.8 Å². The minimum absolute atomic E-state index is 0.348. The van der Waals surface area contributed by atoms with Gasteiger partial charge in [0.1, 0.15) is 0 Å². The highest BCUT2D eigenvalue weighted by Gasteiger charge is 2.09. The van der Waals surface area contributed by atoms with E-state index in [0.717, 1.165) is 22.2 Å². The third kappa shape index (κ3) is 4.21. The van der Waals surface area contributed by atoms with Crippen LogP contribution in [0.25, 0.3) is 0 Å². The van der Waals surface area contributed by atoms with Crippen molar-refractivity contribution in [2.45, 2.75) is 11.5 Å². The van der Waals surface area contributed by atoms with E-state index in [0.29, 0.717) is 5.01 Å². The van der Waals surface area contributed by atoms with Crippen molar-refractivity contribution in [3.63, 3.8) is 0 Å². The first-order valence-corrected chi connectivity index (χ1v) is 7.88. The molecule has 0 aliphatic heterocycles. The molecule has 0 fully saturated rings. The Bertz CT molecular complexity index is 556. The first-order valence-electron chi connectivity index (χ1n) is 5.46. The van der Waals surface area contributed by atoms with Gasteiger partial charge in [0.05, 0.1) is 5.69 Å². The van der Waals surface area contributed by atoms with E-state index in [-0.39, 0.29) is 5.91 Å². The fourth-order valence-corrected chi connectivity index (χ4v) is 3.23. The standard InChI is InChI=1S/C12H12ClN3OS2/c13-9-3-1-8(2-4-9)5-18-6-10-7-19-12(15-10)11(17)16-14/h1-4,7H,5-6,14H2,(H,16,17). The number of hydrogen-bond donors (Lipinski definition) is 2. The summed E-state index contributed by atoms with van der Waals surface area (Å²) in [5, 5.41) is 3.01. The second-order valence-corrected chi connectivity index (χ2v) is 6.02. The highest BCUT2D eigenvalue weighted by atomic mass is 35.5. The molecule has 2 aromatic rings. The zero-order valence-electron chi connectivity index (χ0n) is 9.93. The summed E-state index contributed by atoms with van der Waals surface area (Å²) in [7, 11) is 0. The van der Waals surface area contributed by atoms with Gasteiger partial charge in [-0.15, -0.1) is 11.3 Å². The van der Waals surface area contributed by atoms with Crippen molar-refractivity contribution in [3.8, 4) is 0 Å². The molecule has 4 nitrogen and oxygen atoms in total. The number of nitrogens with zero attached hydrogens (tertiary/aromatic N) is 1. The highest BCUT2D eigenvalue weighted by molar-refractivity contribution is 7.97. The second kappa shape index (κ2) is 6.91. The van der Waals surface area contributed by atoms with Crippen LogP contribution in [0.1, 0.15) is 21.1 Å². The first kappa shape index (κ1) is 14.3. The summed E-state index contributed by atoms with van der Waals surface area (Å²) in [6, 6.07) is 7.77. The molecule has 19 heavy (non-hydrogen) atoms. The Morgan fingerprint density at radius 1 is 1.37 bits per heavy atom. The van der Waals surface area contributed by atoms with Crippen molar-refractivity contribution >= 4 is 40.6 Å². The van der Waals surface area contributed by atoms with E-state index in [1.54, 1.807) is 11.8 Å². The van der Waals surface area contributed by atoms with Crippen LogP contribution in [0.5, 0.6) is 0 Å². The monoisotopic (exact) mass is 313 g/mol. The summed E-state index contributed by atoms with van der Waals surface area (Å²) in [6.07, 6.45) is 0. The molecule has 1 heterocycles. The molecule has 100 valence electrons. The number of nitrogens with one attached hydrogen (secondary N) is 1. The number of benzene rings is 1. The largest absolute Gasteiger partial charge is 0.294 e. The summed E-state index contributed by atoms with van der Waals surface area (Å²) >= 11 is 8.86. The summed E-state index contributed by atoms with van der Waals surface area (Å²) in [6.45, 7) is 0. The smallest absolute Gasteiger partial charge is 0.288 e. The van der Waals surface area contributed by atoms with Crippen molar-refractivity contribution in [1.82, 2.24) is 10.4 Å². The van der Waals surface area contributed by atoms with E-state index >= 15 is 0 Å². The van der Waals surface area contributed by atoms with Gasteiger partial charge in [0.25, 0.3) is 5.91 Å². The number of nitrogens with two attached hydrogens (primary N) is 1.